The van der Waals surface area contributed by atoms with E-state index in [1.807, 2.05) is 102 Å². The molecule has 4 aromatic rings. The van der Waals surface area contributed by atoms with Gasteiger partial charge in [0.2, 0.25) is 0 Å². The van der Waals surface area contributed by atoms with Crippen molar-refractivity contribution in [1.29, 1.82) is 0 Å². The number of benzene rings is 2. The molecule has 146 valence electrons. The van der Waals surface area contributed by atoms with Crippen molar-refractivity contribution >= 4 is 11.5 Å². The van der Waals surface area contributed by atoms with E-state index in [0.29, 0.717) is 18.8 Å². The monoisotopic (exact) mass is 385 g/mol. The molecule has 0 aliphatic carbocycles. The standard InChI is InChI=1S/C25H23NO3/c1-2-28-25(27)21-17-23(26-16-10-9-15-22(21)26)24(20-13-7-4-8-14-20)29-18-19-11-5-3-6-12-19/h3-17,24H,2,18H2,1H3/t24-/m0/s1. The van der Waals surface area contributed by atoms with Gasteiger partial charge in [-0.3, -0.25) is 0 Å². The molecule has 0 aliphatic heterocycles. The lowest BCUT2D eigenvalue weighted by molar-refractivity contribution is 0.0527. The third-order valence-electron chi connectivity index (χ3n) is 4.83. The van der Waals surface area contributed by atoms with E-state index in [1.54, 1.807) is 0 Å². The molecule has 2 aromatic heterocycles. The normalized spacial score (nSPS) is 12.0. The topological polar surface area (TPSA) is 39.9 Å². The number of carbonyl (C=O) groups is 1. The van der Waals surface area contributed by atoms with Crippen molar-refractivity contribution in [2.75, 3.05) is 6.61 Å². The highest BCUT2D eigenvalue weighted by atomic mass is 16.5. The molecule has 0 aliphatic rings. The van der Waals surface area contributed by atoms with Crippen LogP contribution in [0, 0.1) is 0 Å². The first-order valence-corrected chi connectivity index (χ1v) is 9.75. The fourth-order valence-corrected chi connectivity index (χ4v) is 3.49. The van der Waals surface area contributed by atoms with Crippen LogP contribution in [0.25, 0.3) is 5.52 Å². The van der Waals surface area contributed by atoms with Gasteiger partial charge < -0.3 is 13.9 Å². The number of fused-ring (bicyclic) bond motifs is 1. The Morgan fingerprint density at radius 2 is 1.62 bits per heavy atom. The molecular formula is C25H23NO3. The van der Waals surface area contributed by atoms with Gasteiger partial charge in [0.05, 0.1) is 30.0 Å². The summed E-state index contributed by atoms with van der Waals surface area (Å²) in [5.41, 5.74) is 4.38. The highest BCUT2D eigenvalue weighted by molar-refractivity contribution is 5.97. The summed E-state index contributed by atoms with van der Waals surface area (Å²) in [6, 6.07) is 27.8. The number of carbonyl (C=O) groups excluding carboxylic acids is 1. The van der Waals surface area contributed by atoms with Gasteiger partial charge in [0.1, 0.15) is 6.10 Å². The summed E-state index contributed by atoms with van der Waals surface area (Å²) in [6.45, 7) is 2.62. The van der Waals surface area contributed by atoms with Crippen molar-refractivity contribution in [3.05, 3.63) is 114 Å². The second-order valence-electron chi connectivity index (χ2n) is 6.75. The molecule has 0 radical (unpaired) electrons. The van der Waals surface area contributed by atoms with Crippen molar-refractivity contribution in [1.82, 2.24) is 4.40 Å². The second-order valence-corrected chi connectivity index (χ2v) is 6.75. The van der Waals surface area contributed by atoms with Crippen LogP contribution in [0.4, 0.5) is 0 Å². The number of hydrogen-bond acceptors (Lipinski definition) is 3. The van der Waals surface area contributed by atoms with Crippen molar-refractivity contribution in [2.24, 2.45) is 0 Å². The number of pyridine rings is 1. The molecule has 0 unspecified atom stereocenters. The molecule has 0 amide bonds. The first-order valence-electron chi connectivity index (χ1n) is 9.75. The van der Waals surface area contributed by atoms with Gasteiger partial charge in [-0.2, -0.15) is 0 Å². The summed E-state index contributed by atoms with van der Waals surface area (Å²) in [5.74, 6) is -0.322. The zero-order valence-electron chi connectivity index (χ0n) is 16.3. The van der Waals surface area contributed by atoms with Crippen molar-refractivity contribution in [3.8, 4) is 0 Å². The van der Waals surface area contributed by atoms with Crippen molar-refractivity contribution < 1.29 is 14.3 Å². The average molecular weight is 385 g/mol. The molecule has 2 heterocycles. The Morgan fingerprint density at radius 3 is 2.34 bits per heavy atom. The molecule has 4 nitrogen and oxygen atoms in total. The lowest BCUT2D eigenvalue weighted by Gasteiger charge is -2.19. The zero-order chi connectivity index (χ0) is 20.1. The number of hydrogen-bond donors (Lipinski definition) is 0. The summed E-state index contributed by atoms with van der Waals surface area (Å²) in [5, 5.41) is 0. The Kier molecular flexibility index (Phi) is 5.73. The van der Waals surface area contributed by atoms with Crippen LogP contribution in [0.3, 0.4) is 0 Å². The van der Waals surface area contributed by atoms with Crippen LogP contribution in [0.15, 0.2) is 91.1 Å². The predicted octanol–water partition coefficient (Wildman–Crippen LogP) is 5.42. The van der Waals surface area contributed by atoms with Gasteiger partial charge in [-0.05, 0) is 36.2 Å². The maximum absolute atomic E-state index is 12.5. The summed E-state index contributed by atoms with van der Waals surface area (Å²) < 4.78 is 13.7. The number of nitrogens with zero attached hydrogens (tertiary/aromatic N) is 1. The highest BCUT2D eigenvalue weighted by Crippen LogP contribution is 2.31. The maximum Gasteiger partial charge on any atom is 0.340 e. The molecule has 4 heteroatoms. The smallest absolute Gasteiger partial charge is 0.340 e. The molecule has 29 heavy (non-hydrogen) atoms. The van der Waals surface area contributed by atoms with Crippen LogP contribution in [0.1, 0.15) is 40.2 Å². The number of ether oxygens (including phenoxy) is 2. The van der Waals surface area contributed by atoms with Crippen LogP contribution in [0.2, 0.25) is 0 Å². The van der Waals surface area contributed by atoms with E-state index in [2.05, 4.69) is 0 Å². The van der Waals surface area contributed by atoms with Gasteiger partial charge in [-0.25, -0.2) is 4.79 Å². The Bertz CT molecular complexity index is 1090. The molecule has 0 N–H and O–H groups in total. The van der Waals surface area contributed by atoms with E-state index >= 15 is 0 Å². The Labute approximate surface area is 170 Å². The first-order chi connectivity index (χ1) is 14.3. The quantitative estimate of drug-likeness (QED) is 0.399. The summed E-state index contributed by atoms with van der Waals surface area (Å²) in [6.07, 6.45) is 1.63. The fourth-order valence-electron chi connectivity index (χ4n) is 3.49. The zero-order valence-corrected chi connectivity index (χ0v) is 16.3. The highest BCUT2D eigenvalue weighted by Gasteiger charge is 2.23. The molecule has 1 atom stereocenters. The molecule has 0 saturated carbocycles. The predicted molar refractivity (Wildman–Crippen MR) is 113 cm³/mol. The van der Waals surface area contributed by atoms with Gasteiger partial charge in [-0.15, -0.1) is 0 Å². The summed E-state index contributed by atoms with van der Waals surface area (Å²) in [4.78, 5) is 12.5. The van der Waals surface area contributed by atoms with Gasteiger partial charge in [0.15, 0.2) is 0 Å². The SMILES string of the molecule is CCOC(=O)c1cc([C@@H](OCc2ccccc2)c2ccccc2)n2ccccc12. The van der Waals surface area contributed by atoms with E-state index in [0.717, 1.165) is 22.3 Å². The van der Waals surface area contributed by atoms with E-state index < -0.39 is 0 Å². The van der Waals surface area contributed by atoms with Crippen LogP contribution >= 0.6 is 0 Å². The average Bonchev–Trinajstić information content (AvgIpc) is 3.15. The van der Waals surface area contributed by atoms with E-state index in [9.17, 15) is 4.79 Å². The van der Waals surface area contributed by atoms with Gasteiger partial charge >= 0.3 is 5.97 Å². The lowest BCUT2D eigenvalue weighted by atomic mass is 10.1. The maximum atomic E-state index is 12.5. The Balaban J connectivity index is 1.78. The van der Waals surface area contributed by atoms with Crippen LogP contribution in [-0.2, 0) is 16.1 Å². The third kappa shape index (κ3) is 4.08. The Hall–Kier alpha value is -3.37. The molecule has 2 aromatic carbocycles. The molecular weight excluding hydrogens is 362 g/mol. The van der Waals surface area contributed by atoms with Gasteiger partial charge in [0.25, 0.3) is 0 Å². The molecule has 0 saturated heterocycles. The van der Waals surface area contributed by atoms with Gasteiger partial charge in [0, 0.05) is 6.20 Å². The number of rotatable bonds is 7. The lowest BCUT2D eigenvalue weighted by Crippen LogP contribution is -2.09. The largest absolute Gasteiger partial charge is 0.462 e. The van der Waals surface area contributed by atoms with E-state index in [4.69, 9.17) is 9.47 Å². The van der Waals surface area contributed by atoms with Crippen molar-refractivity contribution in [2.45, 2.75) is 19.6 Å². The van der Waals surface area contributed by atoms with Gasteiger partial charge in [-0.1, -0.05) is 66.7 Å². The first kappa shape index (κ1) is 19.0. The fraction of sp³-hybridized carbons (Fsp3) is 0.160. The number of esters is 1. The molecule has 0 spiro atoms. The van der Waals surface area contributed by atoms with Crippen LogP contribution in [-0.4, -0.2) is 17.0 Å². The van der Waals surface area contributed by atoms with Crippen molar-refractivity contribution in [3.63, 3.8) is 0 Å². The minimum Gasteiger partial charge on any atom is -0.462 e. The summed E-state index contributed by atoms with van der Waals surface area (Å²) in [7, 11) is 0. The third-order valence-corrected chi connectivity index (χ3v) is 4.83. The van der Waals surface area contributed by atoms with Crippen LogP contribution in [0.5, 0.6) is 0 Å². The second kappa shape index (κ2) is 8.76. The number of aromatic nitrogens is 1. The van der Waals surface area contributed by atoms with Crippen LogP contribution < -0.4 is 0 Å². The minimum atomic E-state index is -0.325. The van der Waals surface area contributed by atoms with E-state index in [-0.39, 0.29) is 12.1 Å². The molecule has 0 fully saturated rings. The molecule has 4 rings (SSSR count). The van der Waals surface area contributed by atoms with E-state index in [1.165, 1.54) is 0 Å². The minimum absolute atomic E-state index is 0.322. The molecule has 0 bridgehead atoms. The Morgan fingerprint density at radius 1 is 0.931 bits per heavy atom. The summed E-state index contributed by atoms with van der Waals surface area (Å²) >= 11 is 0.